The van der Waals surface area contributed by atoms with Crippen LogP contribution in [-0.4, -0.2) is 0 Å². The van der Waals surface area contributed by atoms with Crippen LogP contribution < -0.4 is 0 Å². The van der Waals surface area contributed by atoms with E-state index in [1.165, 1.54) is 44.9 Å². The molecule has 0 saturated heterocycles. The number of rotatable bonds is 5. The fourth-order valence-corrected chi connectivity index (χ4v) is 6.35. The first-order valence-electron chi connectivity index (χ1n) is 10.9. The standard InChI is InChI=1S/C24H40/c1-6-22(19(5)20-8-7-9-20)23-13-11-16(2)10-12-18(4)24(23)21-14-17(3)15-21/h7-9,16-19,21-24H,6,10-15H2,1-5H3. The predicted molar refractivity (Wildman–Crippen MR) is 106 cm³/mol. The van der Waals surface area contributed by atoms with Crippen molar-refractivity contribution >= 4 is 0 Å². The van der Waals surface area contributed by atoms with E-state index in [4.69, 9.17) is 0 Å². The summed E-state index contributed by atoms with van der Waals surface area (Å²) in [5.41, 5.74) is 1.62. The molecule has 0 aromatic heterocycles. The molecular formula is C24H40. The Labute approximate surface area is 151 Å². The Morgan fingerprint density at radius 1 is 1.00 bits per heavy atom. The largest absolute Gasteiger partial charge is 0.0651 e. The molecule has 0 aromatic carbocycles. The highest BCUT2D eigenvalue weighted by molar-refractivity contribution is 5.37. The first-order chi connectivity index (χ1) is 11.5. The molecule has 24 heavy (non-hydrogen) atoms. The number of hydrogen-bond donors (Lipinski definition) is 0. The van der Waals surface area contributed by atoms with E-state index in [1.54, 1.807) is 5.57 Å². The number of hydrogen-bond acceptors (Lipinski definition) is 0. The van der Waals surface area contributed by atoms with Gasteiger partial charge in [0.05, 0.1) is 0 Å². The molecule has 0 heteroatoms. The van der Waals surface area contributed by atoms with Crippen LogP contribution in [0.4, 0.5) is 0 Å². The fourth-order valence-electron chi connectivity index (χ4n) is 6.35. The molecule has 0 bridgehead atoms. The van der Waals surface area contributed by atoms with Gasteiger partial charge in [-0.1, -0.05) is 78.5 Å². The van der Waals surface area contributed by atoms with Crippen LogP contribution in [0.3, 0.4) is 0 Å². The molecule has 3 rings (SSSR count). The molecule has 2 fully saturated rings. The van der Waals surface area contributed by atoms with E-state index in [0.717, 1.165) is 47.3 Å². The van der Waals surface area contributed by atoms with Crippen LogP contribution in [0.15, 0.2) is 23.8 Å². The molecule has 0 spiro atoms. The van der Waals surface area contributed by atoms with Gasteiger partial charge < -0.3 is 0 Å². The van der Waals surface area contributed by atoms with Gasteiger partial charge in [-0.05, 0) is 72.2 Å². The van der Waals surface area contributed by atoms with Gasteiger partial charge in [0.2, 0.25) is 0 Å². The van der Waals surface area contributed by atoms with Gasteiger partial charge in [0.1, 0.15) is 0 Å². The first-order valence-corrected chi connectivity index (χ1v) is 10.9. The maximum absolute atomic E-state index is 2.60. The fraction of sp³-hybridized carbons (Fsp3) is 0.833. The summed E-state index contributed by atoms with van der Waals surface area (Å²) in [6.45, 7) is 12.5. The highest BCUT2D eigenvalue weighted by Gasteiger charge is 2.43. The smallest absolute Gasteiger partial charge is 0.0159 e. The molecule has 0 N–H and O–H groups in total. The molecule has 0 amide bonds. The Morgan fingerprint density at radius 2 is 1.67 bits per heavy atom. The van der Waals surface area contributed by atoms with Gasteiger partial charge in [-0.3, -0.25) is 0 Å². The second kappa shape index (κ2) is 7.79. The SMILES string of the molecule is CCC(C(C)C1=CC=C1)C1CCC(C)CCC(C)C1C1CC(C)C1. The zero-order valence-corrected chi connectivity index (χ0v) is 16.8. The van der Waals surface area contributed by atoms with Crippen molar-refractivity contribution in [3.05, 3.63) is 23.8 Å². The number of allylic oxidation sites excluding steroid dienone is 4. The van der Waals surface area contributed by atoms with Crippen LogP contribution in [0, 0.1) is 47.3 Å². The highest BCUT2D eigenvalue weighted by Crippen LogP contribution is 2.52. The van der Waals surface area contributed by atoms with E-state index in [9.17, 15) is 0 Å². The van der Waals surface area contributed by atoms with E-state index >= 15 is 0 Å². The predicted octanol–water partition coefficient (Wildman–Crippen LogP) is 7.27. The third-order valence-corrected chi connectivity index (χ3v) is 7.98. The summed E-state index contributed by atoms with van der Waals surface area (Å²) in [4.78, 5) is 0. The quantitative estimate of drug-likeness (QED) is 0.498. The summed E-state index contributed by atoms with van der Waals surface area (Å²) in [5, 5.41) is 0. The van der Waals surface area contributed by atoms with Gasteiger partial charge >= 0.3 is 0 Å². The molecule has 3 aliphatic rings. The molecule has 0 nitrogen and oxygen atoms in total. The molecule has 0 aliphatic heterocycles. The summed E-state index contributed by atoms with van der Waals surface area (Å²) in [5.74, 6) is 7.47. The molecular weight excluding hydrogens is 288 g/mol. The van der Waals surface area contributed by atoms with Crippen LogP contribution in [-0.2, 0) is 0 Å². The summed E-state index contributed by atoms with van der Waals surface area (Å²) >= 11 is 0. The van der Waals surface area contributed by atoms with Gasteiger partial charge in [-0.15, -0.1) is 0 Å². The topological polar surface area (TPSA) is 0 Å². The molecule has 6 atom stereocenters. The summed E-state index contributed by atoms with van der Waals surface area (Å²) in [6, 6.07) is 0. The monoisotopic (exact) mass is 328 g/mol. The lowest BCUT2D eigenvalue weighted by Gasteiger charge is -2.50. The van der Waals surface area contributed by atoms with Gasteiger partial charge in [0, 0.05) is 0 Å². The van der Waals surface area contributed by atoms with Gasteiger partial charge in [-0.25, -0.2) is 0 Å². The second-order valence-corrected chi connectivity index (χ2v) is 9.70. The lowest BCUT2D eigenvalue weighted by molar-refractivity contribution is 0.00281. The molecule has 0 aromatic rings. The minimum Gasteiger partial charge on any atom is -0.0651 e. The van der Waals surface area contributed by atoms with Crippen molar-refractivity contribution < 1.29 is 0 Å². The molecule has 2 saturated carbocycles. The van der Waals surface area contributed by atoms with Gasteiger partial charge in [-0.2, -0.15) is 0 Å². The van der Waals surface area contributed by atoms with Crippen molar-refractivity contribution in [2.75, 3.05) is 0 Å². The molecule has 136 valence electrons. The van der Waals surface area contributed by atoms with Crippen LogP contribution >= 0.6 is 0 Å². The van der Waals surface area contributed by atoms with Crippen molar-refractivity contribution in [1.29, 1.82) is 0 Å². The van der Waals surface area contributed by atoms with E-state index in [-0.39, 0.29) is 0 Å². The normalized spacial score (nSPS) is 42.1. The van der Waals surface area contributed by atoms with Crippen LogP contribution in [0.2, 0.25) is 0 Å². The Morgan fingerprint density at radius 3 is 2.21 bits per heavy atom. The maximum Gasteiger partial charge on any atom is -0.0159 e. The van der Waals surface area contributed by atoms with Crippen LogP contribution in [0.5, 0.6) is 0 Å². The molecule has 0 radical (unpaired) electrons. The first kappa shape index (κ1) is 18.3. The maximum atomic E-state index is 2.60. The Balaban J connectivity index is 1.82. The zero-order valence-electron chi connectivity index (χ0n) is 16.8. The lowest BCUT2D eigenvalue weighted by Crippen LogP contribution is -2.42. The summed E-state index contributed by atoms with van der Waals surface area (Å²) < 4.78 is 0. The van der Waals surface area contributed by atoms with E-state index in [2.05, 4.69) is 52.8 Å². The highest BCUT2D eigenvalue weighted by atomic mass is 14.5. The van der Waals surface area contributed by atoms with E-state index in [0.29, 0.717) is 0 Å². The zero-order chi connectivity index (χ0) is 17.3. The van der Waals surface area contributed by atoms with E-state index < -0.39 is 0 Å². The third-order valence-electron chi connectivity index (χ3n) is 7.98. The van der Waals surface area contributed by atoms with Crippen LogP contribution in [0.1, 0.15) is 79.6 Å². The minimum atomic E-state index is 0.756. The van der Waals surface area contributed by atoms with Crippen molar-refractivity contribution in [2.45, 2.75) is 79.6 Å². The summed E-state index contributed by atoms with van der Waals surface area (Å²) in [7, 11) is 0. The average molecular weight is 329 g/mol. The lowest BCUT2D eigenvalue weighted by atomic mass is 9.55. The Kier molecular flexibility index (Phi) is 5.94. The van der Waals surface area contributed by atoms with Crippen molar-refractivity contribution in [3.8, 4) is 0 Å². The van der Waals surface area contributed by atoms with Gasteiger partial charge in [0.15, 0.2) is 0 Å². The Hall–Kier alpha value is -0.520. The average Bonchev–Trinajstić information content (AvgIpc) is 2.46. The van der Waals surface area contributed by atoms with Crippen molar-refractivity contribution in [2.24, 2.45) is 47.3 Å². The van der Waals surface area contributed by atoms with Crippen molar-refractivity contribution in [3.63, 3.8) is 0 Å². The molecule has 6 unspecified atom stereocenters. The molecule has 3 aliphatic carbocycles. The molecule has 0 heterocycles. The van der Waals surface area contributed by atoms with Gasteiger partial charge in [0.25, 0.3) is 0 Å². The Bertz CT molecular complexity index is 464. The van der Waals surface area contributed by atoms with E-state index in [1.807, 2.05) is 0 Å². The third kappa shape index (κ3) is 3.68. The minimum absolute atomic E-state index is 0.756. The summed E-state index contributed by atoms with van der Waals surface area (Å²) in [6.07, 6.45) is 17.2. The second-order valence-electron chi connectivity index (χ2n) is 9.70. The van der Waals surface area contributed by atoms with Crippen molar-refractivity contribution in [1.82, 2.24) is 0 Å². The van der Waals surface area contributed by atoms with Crippen LogP contribution in [0.25, 0.3) is 0 Å².